The maximum Gasteiger partial charge on any atom is 0.310 e. The summed E-state index contributed by atoms with van der Waals surface area (Å²) in [6.07, 6.45) is 1.57. The smallest absolute Gasteiger partial charge is 0.310 e. The minimum atomic E-state index is -0.889. The number of carbonyl (C=O) groups excluding carboxylic acids is 1. The zero-order valence-electron chi connectivity index (χ0n) is 11.7. The van der Waals surface area contributed by atoms with Crippen LogP contribution in [0.4, 0.5) is 5.69 Å². The first-order valence-corrected chi connectivity index (χ1v) is 6.70. The molecular weight excluding hydrogens is 258 g/mol. The number of aliphatic carboxylic acids is 1. The number of carbonyl (C=O) groups is 2. The average molecular weight is 277 g/mol. The van der Waals surface area contributed by atoms with Gasteiger partial charge >= 0.3 is 5.97 Å². The number of hydrogen-bond donors (Lipinski definition) is 2. The van der Waals surface area contributed by atoms with E-state index in [9.17, 15) is 9.59 Å². The Hall–Kier alpha value is -1.88. The summed E-state index contributed by atoms with van der Waals surface area (Å²) in [7, 11) is 0. The third-order valence-electron chi connectivity index (χ3n) is 3.71. The van der Waals surface area contributed by atoms with Crippen LogP contribution in [0, 0.1) is 0 Å². The minimum Gasteiger partial charge on any atom is -0.481 e. The lowest BCUT2D eigenvalue weighted by atomic mass is 9.99. The van der Waals surface area contributed by atoms with Crippen LogP contribution in [0.15, 0.2) is 24.3 Å². The van der Waals surface area contributed by atoms with Crippen molar-refractivity contribution >= 4 is 17.6 Å². The van der Waals surface area contributed by atoms with Gasteiger partial charge in [-0.25, -0.2) is 0 Å². The Labute approximate surface area is 117 Å². The number of carboxylic acid groups (broad SMARTS) is 1. The Morgan fingerprint density at radius 3 is 2.80 bits per heavy atom. The second-order valence-corrected chi connectivity index (χ2v) is 5.32. The third-order valence-corrected chi connectivity index (χ3v) is 3.71. The first-order valence-electron chi connectivity index (χ1n) is 6.70. The number of rotatable bonds is 4. The second-order valence-electron chi connectivity index (χ2n) is 5.32. The van der Waals surface area contributed by atoms with Gasteiger partial charge in [0.15, 0.2) is 0 Å². The zero-order chi connectivity index (χ0) is 14.8. The molecule has 5 heteroatoms. The van der Waals surface area contributed by atoms with Crippen molar-refractivity contribution in [1.82, 2.24) is 0 Å². The molecular formula is C15H19NO4. The predicted molar refractivity (Wildman–Crippen MR) is 74.7 cm³/mol. The molecule has 2 rings (SSSR count). The Balaban J connectivity index is 2.12. The fourth-order valence-corrected chi connectivity index (χ4v) is 2.25. The van der Waals surface area contributed by atoms with Gasteiger partial charge in [0.25, 0.3) is 5.91 Å². The highest BCUT2D eigenvalue weighted by Gasteiger charge is 2.37. The molecule has 1 aromatic rings. The topological polar surface area (TPSA) is 75.6 Å². The molecule has 0 bridgehead atoms. The summed E-state index contributed by atoms with van der Waals surface area (Å²) in [5, 5.41) is 11.8. The maximum absolute atomic E-state index is 12.2. The average Bonchev–Trinajstić information content (AvgIpc) is 2.86. The molecule has 0 aliphatic carbocycles. The number of anilines is 1. The molecule has 1 saturated heterocycles. The third kappa shape index (κ3) is 2.99. The van der Waals surface area contributed by atoms with E-state index in [4.69, 9.17) is 9.84 Å². The molecule has 2 atom stereocenters. The van der Waals surface area contributed by atoms with Crippen molar-refractivity contribution in [2.45, 2.75) is 38.2 Å². The lowest BCUT2D eigenvalue weighted by Crippen LogP contribution is -2.39. The summed E-state index contributed by atoms with van der Waals surface area (Å²) < 4.78 is 5.48. The van der Waals surface area contributed by atoms with Gasteiger partial charge in [0, 0.05) is 12.3 Å². The number of ether oxygens (including phenoxy) is 1. The Morgan fingerprint density at radius 2 is 2.20 bits per heavy atom. The van der Waals surface area contributed by atoms with Crippen molar-refractivity contribution in [2.24, 2.45) is 0 Å². The van der Waals surface area contributed by atoms with Crippen LogP contribution in [-0.2, 0) is 14.3 Å². The van der Waals surface area contributed by atoms with Crippen LogP contribution in [0.1, 0.15) is 38.2 Å². The highest BCUT2D eigenvalue weighted by atomic mass is 16.5. The van der Waals surface area contributed by atoms with E-state index in [-0.39, 0.29) is 5.91 Å². The first kappa shape index (κ1) is 14.5. The van der Waals surface area contributed by atoms with E-state index in [1.54, 1.807) is 38.1 Å². The fourth-order valence-electron chi connectivity index (χ4n) is 2.25. The lowest BCUT2D eigenvalue weighted by molar-refractivity contribution is -0.138. The monoisotopic (exact) mass is 277 g/mol. The molecule has 0 radical (unpaired) electrons. The molecule has 1 aliphatic heterocycles. The molecule has 0 aromatic heterocycles. The molecule has 20 heavy (non-hydrogen) atoms. The van der Waals surface area contributed by atoms with E-state index in [0.29, 0.717) is 24.3 Å². The van der Waals surface area contributed by atoms with Gasteiger partial charge in [0.2, 0.25) is 0 Å². The molecule has 1 heterocycles. The Kier molecular flexibility index (Phi) is 4.09. The van der Waals surface area contributed by atoms with Gasteiger partial charge in [-0.15, -0.1) is 0 Å². The number of benzene rings is 1. The van der Waals surface area contributed by atoms with Gasteiger partial charge in [0.05, 0.1) is 5.92 Å². The quantitative estimate of drug-likeness (QED) is 0.886. The van der Waals surface area contributed by atoms with E-state index in [1.807, 2.05) is 0 Å². The van der Waals surface area contributed by atoms with Crippen molar-refractivity contribution in [3.05, 3.63) is 29.8 Å². The van der Waals surface area contributed by atoms with E-state index >= 15 is 0 Å². The van der Waals surface area contributed by atoms with Gasteiger partial charge in [0.1, 0.15) is 5.60 Å². The van der Waals surface area contributed by atoms with Crippen LogP contribution >= 0.6 is 0 Å². The molecule has 1 fully saturated rings. The SMILES string of the molecule is CC(C(=O)O)c1cccc(NC(=O)C2(C)CCCO2)c1. The van der Waals surface area contributed by atoms with E-state index < -0.39 is 17.5 Å². The molecule has 2 unspecified atom stereocenters. The van der Waals surface area contributed by atoms with Crippen LogP contribution in [0.2, 0.25) is 0 Å². The summed E-state index contributed by atoms with van der Waals surface area (Å²) >= 11 is 0. The van der Waals surface area contributed by atoms with Crippen LogP contribution < -0.4 is 5.32 Å². The summed E-state index contributed by atoms with van der Waals surface area (Å²) in [5.41, 5.74) is 0.471. The van der Waals surface area contributed by atoms with Gasteiger partial charge in [-0.3, -0.25) is 9.59 Å². The lowest BCUT2D eigenvalue weighted by Gasteiger charge is -2.22. The number of nitrogens with one attached hydrogen (secondary N) is 1. The van der Waals surface area contributed by atoms with Gasteiger partial charge in [-0.05, 0) is 44.4 Å². The minimum absolute atomic E-state index is 0.185. The zero-order valence-corrected chi connectivity index (χ0v) is 11.7. The maximum atomic E-state index is 12.2. The highest BCUT2D eigenvalue weighted by Crippen LogP contribution is 2.27. The molecule has 0 saturated carbocycles. The van der Waals surface area contributed by atoms with Crippen molar-refractivity contribution in [2.75, 3.05) is 11.9 Å². The largest absolute Gasteiger partial charge is 0.481 e. The molecule has 0 spiro atoms. The number of hydrogen-bond acceptors (Lipinski definition) is 3. The summed E-state index contributed by atoms with van der Waals surface area (Å²) in [6.45, 7) is 3.99. The standard InChI is InChI=1S/C15H19NO4/c1-10(13(17)18)11-5-3-6-12(9-11)16-14(19)15(2)7-4-8-20-15/h3,5-6,9-10H,4,7-8H2,1-2H3,(H,16,19)(H,17,18). The molecule has 5 nitrogen and oxygen atoms in total. The normalized spacial score (nSPS) is 23.3. The van der Waals surface area contributed by atoms with Gasteiger partial charge in [-0.2, -0.15) is 0 Å². The first-order chi connectivity index (χ1) is 9.42. The summed E-state index contributed by atoms with van der Waals surface area (Å²) in [5.74, 6) is -1.68. The Bertz CT molecular complexity index is 520. The van der Waals surface area contributed by atoms with Gasteiger partial charge < -0.3 is 15.2 Å². The molecule has 1 amide bonds. The highest BCUT2D eigenvalue weighted by molar-refractivity contribution is 5.97. The van der Waals surface area contributed by atoms with Crippen molar-refractivity contribution in [3.63, 3.8) is 0 Å². The van der Waals surface area contributed by atoms with Crippen molar-refractivity contribution < 1.29 is 19.4 Å². The second kappa shape index (κ2) is 5.63. The van der Waals surface area contributed by atoms with Crippen molar-refractivity contribution in [1.29, 1.82) is 0 Å². The van der Waals surface area contributed by atoms with Crippen molar-refractivity contribution in [3.8, 4) is 0 Å². The fraction of sp³-hybridized carbons (Fsp3) is 0.467. The van der Waals surface area contributed by atoms with Gasteiger partial charge in [-0.1, -0.05) is 12.1 Å². The van der Waals surface area contributed by atoms with Crippen LogP contribution in [0.25, 0.3) is 0 Å². The predicted octanol–water partition coefficient (Wildman–Crippen LogP) is 2.38. The van der Waals surface area contributed by atoms with E-state index in [1.165, 1.54) is 0 Å². The van der Waals surface area contributed by atoms with Crippen LogP contribution in [0.3, 0.4) is 0 Å². The van der Waals surface area contributed by atoms with E-state index in [2.05, 4.69) is 5.32 Å². The Morgan fingerprint density at radius 1 is 1.45 bits per heavy atom. The van der Waals surface area contributed by atoms with Crippen LogP contribution in [0.5, 0.6) is 0 Å². The van der Waals surface area contributed by atoms with E-state index in [0.717, 1.165) is 6.42 Å². The summed E-state index contributed by atoms with van der Waals surface area (Å²) in [6, 6.07) is 6.91. The molecule has 1 aromatic carbocycles. The number of amides is 1. The molecule has 108 valence electrons. The molecule has 2 N–H and O–H groups in total. The molecule has 1 aliphatic rings. The summed E-state index contributed by atoms with van der Waals surface area (Å²) in [4.78, 5) is 23.2. The van der Waals surface area contributed by atoms with Crippen LogP contribution in [-0.4, -0.2) is 29.2 Å². The number of carboxylic acids is 1.